The van der Waals surface area contributed by atoms with Gasteiger partial charge in [0.2, 0.25) is 11.8 Å². The number of carbonyl (C=O) groups is 3. The number of rotatable bonds is 18. The predicted molar refractivity (Wildman–Crippen MR) is 200 cm³/mol. The fourth-order valence-electron chi connectivity index (χ4n) is 5.55. The van der Waals surface area contributed by atoms with Gasteiger partial charge in [0, 0.05) is 45.2 Å². The van der Waals surface area contributed by atoms with E-state index in [4.69, 9.17) is 14.2 Å². The molecule has 0 spiro atoms. The molecule has 3 N–H and O–H groups in total. The highest BCUT2D eigenvalue weighted by Crippen LogP contribution is 2.24. The molecular formula is C39H51N5O6S. The molecule has 0 fully saturated rings. The molecule has 0 saturated carbocycles. The molecule has 0 aliphatic rings. The molecule has 0 aliphatic carbocycles. The minimum Gasteiger partial charge on any atom is -0.488 e. The molecule has 3 aromatic carbocycles. The molecule has 2 atom stereocenters. The van der Waals surface area contributed by atoms with Gasteiger partial charge in [0.05, 0.1) is 22.3 Å². The summed E-state index contributed by atoms with van der Waals surface area (Å²) >= 11 is 1.53. The Balaban J connectivity index is 1.55. The molecule has 4 rings (SSSR count). The number of benzene rings is 3. The van der Waals surface area contributed by atoms with Gasteiger partial charge in [-0.1, -0.05) is 54.6 Å². The Bertz CT molecular complexity index is 1690. The minimum atomic E-state index is -0.926. The molecule has 1 heterocycles. The zero-order chi connectivity index (χ0) is 36.8. The molecule has 0 aliphatic heterocycles. The number of amides is 4. The molecule has 51 heavy (non-hydrogen) atoms. The number of carbonyl (C=O) groups excluding carboxylic acids is 3. The lowest BCUT2D eigenvalue weighted by Crippen LogP contribution is -2.52. The number of para-hydroxylation sites is 1. The summed E-state index contributed by atoms with van der Waals surface area (Å²) in [6.07, 6.45) is -0.465. The van der Waals surface area contributed by atoms with Crippen LogP contribution < -0.4 is 20.7 Å². The second-order valence-electron chi connectivity index (χ2n) is 13.3. The summed E-state index contributed by atoms with van der Waals surface area (Å²) in [4.78, 5) is 47.0. The maximum absolute atomic E-state index is 14.6. The number of nitrogens with zero attached hydrogens (tertiary/aromatic N) is 2. The van der Waals surface area contributed by atoms with Crippen molar-refractivity contribution in [2.45, 2.75) is 91.4 Å². The lowest BCUT2D eigenvalue weighted by Gasteiger charge is -2.31. The van der Waals surface area contributed by atoms with Crippen molar-refractivity contribution in [3.63, 3.8) is 0 Å². The van der Waals surface area contributed by atoms with E-state index < -0.39 is 18.4 Å². The van der Waals surface area contributed by atoms with Crippen molar-refractivity contribution in [3.8, 4) is 5.75 Å². The molecule has 12 heteroatoms. The molecule has 0 radical (unpaired) electrons. The van der Waals surface area contributed by atoms with Gasteiger partial charge in [0.25, 0.3) is 0 Å². The van der Waals surface area contributed by atoms with Crippen LogP contribution in [0.3, 0.4) is 0 Å². The highest BCUT2D eigenvalue weighted by Gasteiger charge is 2.30. The fourth-order valence-corrected chi connectivity index (χ4v) is 6.28. The van der Waals surface area contributed by atoms with E-state index in [-0.39, 0.29) is 49.4 Å². The highest BCUT2D eigenvalue weighted by molar-refractivity contribution is 7.16. The molecule has 0 saturated heterocycles. The third-order valence-electron chi connectivity index (χ3n) is 7.78. The van der Waals surface area contributed by atoms with Crippen molar-refractivity contribution in [1.82, 2.24) is 25.8 Å². The van der Waals surface area contributed by atoms with E-state index in [2.05, 4.69) is 20.9 Å². The first-order valence-corrected chi connectivity index (χ1v) is 18.3. The van der Waals surface area contributed by atoms with E-state index in [1.807, 2.05) is 107 Å². The standard InChI is InChI=1S/C39H51N5O6S/c1-7-48-35(49-8-2)25-44(24-30-15-12-16-33-36(30)41-26-51-33)37(46)32(22-28-17-19-31(20-18-28)50-39(4,5)6)43-34(45)21-27(3)42-38(47)40-23-29-13-10-9-11-14-29/h9-20,26-27,32,35H,7-8,21-25H2,1-6H3,(H,43,45)(H2,40,42,47)/t27-,32+/m1/s1. The summed E-state index contributed by atoms with van der Waals surface area (Å²) < 4.78 is 18.7. The van der Waals surface area contributed by atoms with Gasteiger partial charge in [-0.2, -0.15) is 0 Å². The lowest BCUT2D eigenvalue weighted by molar-refractivity contribution is -0.161. The van der Waals surface area contributed by atoms with Crippen molar-refractivity contribution < 1.29 is 28.6 Å². The van der Waals surface area contributed by atoms with Crippen LogP contribution in [0.2, 0.25) is 0 Å². The van der Waals surface area contributed by atoms with Crippen LogP contribution in [-0.2, 0) is 38.6 Å². The van der Waals surface area contributed by atoms with Gasteiger partial charge in [-0.05, 0) is 76.4 Å². The van der Waals surface area contributed by atoms with Crippen LogP contribution in [-0.4, -0.2) is 71.5 Å². The van der Waals surface area contributed by atoms with Gasteiger partial charge in [0.1, 0.15) is 17.4 Å². The van der Waals surface area contributed by atoms with E-state index in [1.165, 1.54) is 11.3 Å². The van der Waals surface area contributed by atoms with Crippen molar-refractivity contribution in [2.24, 2.45) is 0 Å². The Morgan fingerprint density at radius 2 is 1.59 bits per heavy atom. The Hall–Kier alpha value is -4.52. The summed E-state index contributed by atoms with van der Waals surface area (Å²) in [5, 5.41) is 8.63. The lowest BCUT2D eigenvalue weighted by atomic mass is 10.0. The van der Waals surface area contributed by atoms with E-state index in [0.717, 1.165) is 26.9 Å². The summed E-state index contributed by atoms with van der Waals surface area (Å²) in [5.41, 5.74) is 4.93. The number of ether oxygens (including phenoxy) is 3. The number of thiazole rings is 1. The quantitative estimate of drug-likeness (QED) is 0.104. The molecule has 0 bridgehead atoms. The molecule has 11 nitrogen and oxygen atoms in total. The van der Waals surface area contributed by atoms with Crippen molar-refractivity contribution in [2.75, 3.05) is 19.8 Å². The number of hydrogen-bond donors (Lipinski definition) is 3. The van der Waals surface area contributed by atoms with E-state index in [1.54, 1.807) is 17.3 Å². The summed E-state index contributed by atoms with van der Waals surface area (Å²) in [5.74, 6) is 0.0405. The highest BCUT2D eigenvalue weighted by atomic mass is 32.1. The van der Waals surface area contributed by atoms with Gasteiger partial charge in [-0.15, -0.1) is 11.3 Å². The predicted octanol–water partition coefficient (Wildman–Crippen LogP) is 6.21. The first-order valence-electron chi connectivity index (χ1n) is 17.4. The van der Waals surface area contributed by atoms with Crippen molar-refractivity contribution in [1.29, 1.82) is 0 Å². The molecule has 4 amide bonds. The van der Waals surface area contributed by atoms with Crippen LogP contribution in [0.1, 0.15) is 64.7 Å². The topological polar surface area (TPSA) is 131 Å². The molecule has 0 unspecified atom stereocenters. The van der Waals surface area contributed by atoms with E-state index >= 15 is 0 Å². The Kier molecular flexibility index (Phi) is 14.8. The summed E-state index contributed by atoms with van der Waals surface area (Å²) in [6, 6.07) is 21.2. The van der Waals surface area contributed by atoms with Crippen LogP contribution >= 0.6 is 11.3 Å². The normalized spacial score (nSPS) is 12.7. The first-order chi connectivity index (χ1) is 24.4. The van der Waals surface area contributed by atoms with Crippen molar-refractivity contribution >= 4 is 39.4 Å². The average Bonchev–Trinajstić information content (AvgIpc) is 3.57. The molecule has 1 aromatic heterocycles. The Morgan fingerprint density at radius 3 is 2.25 bits per heavy atom. The van der Waals surface area contributed by atoms with Crippen LogP contribution in [0.4, 0.5) is 4.79 Å². The number of hydrogen-bond acceptors (Lipinski definition) is 8. The Morgan fingerprint density at radius 1 is 0.882 bits per heavy atom. The van der Waals surface area contributed by atoms with E-state index in [0.29, 0.717) is 25.5 Å². The monoisotopic (exact) mass is 717 g/mol. The smallest absolute Gasteiger partial charge is 0.315 e. The van der Waals surface area contributed by atoms with Crippen molar-refractivity contribution in [3.05, 3.63) is 95.0 Å². The minimum absolute atomic E-state index is 0.0282. The number of aromatic nitrogens is 1. The average molecular weight is 718 g/mol. The zero-order valence-electron chi connectivity index (χ0n) is 30.4. The maximum Gasteiger partial charge on any atom is 0.315 e. The Labute approximate surface area is 305 Å². The number of fused-ring (bicyclic) bond motifs is 1. The van der Waals surface area contributed by atoms with Gasteiger partial charge < -0.3 is 35.1 Å². The zero-order valence-corrected chi connectivity index (χ0v) is 31.3. The van der Waals surface area contributed by atoms with Crippen LogP contribution in [0.15, 0.2) is 78.3 Å². The molecule has 274 valence electrons. The second-order valence-corrected chi connectivity index (χ2v) is 14.2. The van der Waals surface area contributed by atoms with Gasteiger partial charge in [0.15, 0.2) is 6.29 Å². The van der Waals surface area contributed by atoms with Crippen LogP contribution in [0.25, 0.3) is 10.2 Å². The number of nitrogens with one attached hydrogen (secondary N) is 3. The summed E-state index contributed by atoms with van der Waals surface area (Å²) in [6.45, 7) is 13.0. The van der Waals surface area contributed by atoms with Gasteiger partial charge >= 0.3 is 6.03 Å². The fraction of sp³-hybridized carbons (Fsp3) is 0.436. The van der Waals surface area contributed by atoms with Gasteiger partial charge in [-0.25, -0.2) is 9.78 Å². The third kappa shape index (κ3) is 13.0. The van der Waals surface area contributed by atoms with Crippen LogP contribution in [0.5, 0.6) is 5.75 Å². The molecule has 4 aromatic rings. The summed E-state index contributed by atoms with van der Waals surface area (Å²) in [7, 11) is 0. The number of urea groups is 1. The largest absolute Gasteiger partial charge is 0.488 e. The second kappa shape index (κ2) is 19.2. The van der Waals surface area contributed by atoms with Gasteiger partial charge in [-0.3, -0.25) is 9.59 Å². The van der Waals surface area contributed by atoms with Crippen LogP contribution in [0, 0.1) is 0 Å². The maximum atomic E-state index is 14.6. The van der Waals surface area contributed by atoms with E-state index in [9.17, 15) is 14.4 Å². The third-order valence-corrected chi connectivity index (χ3v) is 8.57. The SMILES string of the molecule is CCOC(CN(Cc1cccc2scnc12)C(=O)[C@H](Cc1ccc(OC(C)(C)C)cc1)NC(=O)C[C@@H](C)NC(=O)NCc1ccccc1)OCC. The molecular weight excluding hydrogens is 667 g/mol. The first kappa shape index (κ1) is 39.3.